The van der Waals surface area contributed by atoms with Gasteiger partial charge >= 0.3 is 0 Å². The molecule has 2 nitrogen and oxygen atoms in total. The van der Waals surface area contributed by atoms with Gasteiger partial charge in [0.25, 0.3) is 0 Å². The molecule has 0 aliphatic carbocycles. The summed E-state index contributed by atoms with van der Waals surface area (Å²) < 4.78 is 1.00. The molecular weight excluding hydrogens is 196 g/mol. The topological polar surface area (TPSA) is 40.5 Å². The minimum Gasteiger partial charge on any atom is -0.507 e. The first kappa shape index (κ1) is 9.49. The van der Waals surface area contributed by atoms with E-state index in [1.54, 1.807) is 23.5 Å². The summed E-state index contributed by atoms with van der Waals surface area (Å²) in [5, 5.41) is 19.6. The van der Waals surface area contributed by atoms with Crippen LogP contribution in [-0.4, -0.2) is 10.2 Å². The van der Waals surface area contributed by atoms with Crippen molar-refractivity contribution in [3.05, 3.63) is 28.6 Å². The van der Waals surface area contributed by atoms with Gasteiger partial charge in [0, 0.05) is 15.0 Å². The summed E-state index contributed by atoms with van der Waals surface area (Å²) >= 11 is 1.64. The first-order valence-electron chi connectivity index (χ1n) is 4.60. The van der Waals surface area contributed by atoms with Crippen molar-refractivity contribution in [1.82, 2.24) is 0 Å². The number of phenols is 1. The van der Waals surface area contributed by atoms with Gasteiger partial charge in [-0.15, -0.1) is 11.3 Å². The fourth-order valence-electron chi connectivity index (χ4n) is 1.51. The maximum absolute atomic E-state index is 9.63. The van der Waals surface area contributed by atoms with Crippen LogP contribution in [0.4, 0.5) is 0 Å². The van der Waals surface area contributed by atoms with Gasteiger partial charge < -0.3 is 10.2 Å². The maximum Gasteiger partial charge on any atom is 0.124 e. The van der Waals surface area contributed by atoms with Crippen molar-refractivity contribution in [1.29, 1.82) is 0 Å². The van der Waals surface area contributed by atoms with Gasteiger partial charge in [-0.05, 0) is 24.1 Å². The number of hydrogen-bond donors (Lipinski definition) is 2. The van der Waals surface area contributed by atoms with Crippen molar-refractivity contribution in [2.45, 2.75) is 20.0 Å². The second-order valence-corrected chi connectivity index (χ2v) is 4.35. The Bertz CT molecular complexity index is 460. The molecule has 0 spiro atoms. The van der Waals surface area contributed by atoms with E-state index in [1.165, 1.54) is 4.88 Å². The zero-order valence-corrected chi connectivity index (χ0v) is 8.77. The van der Waals surface area contributed by atoms with Crippen LogP contribution < -0.4 is 0 Å². The summed E-state index contributed by atoms with van der Waals surface area (Å²) in [5.41, 5.74) is 0.891. The minimum absolute atomic E-state index is 0.0282. The average Bonchev–Trinajstić information content (AvgIpc) is 2.63. The van der Waals surface area contributed by atoms with Gasteiger partial charge in [0.15, 0.2) is 0 Å². The number of aromatic hydroxyl groups is 1. The third-order valence-electron chi connectivity index (χ3n) is 2.31. The van der Waals surface area contributed by atoms with E-state index in [2.05, 4.69) is 6.92 Å². The summed E-state index contributed by atoms with van der Waals surface area (Å²) in [6, 6.07) is 5.40. The number of aryl methyl sites for hydroxylation is 1. The molecule has 2 rings (SSSR count). The van der Waals surface area contributed by atoms with Crippen molar-refractivity contribution >= 4 is 21.4 Å². The number of phenolic OH excluding ortho intramolecular Hbond substituents is 1. The highest BCUT2D eigenvalue weighted by atomic mass is 32.1. The highest BCUT2D eigenvalue weighted by Crippen LogP contribution is 2.34. The molecule has 2 N–H and O–H groups in total. The zero-order chi connectivity index (χ0) is 10.1. The standard InChI is InChI=1S/C11H12O2S/c1-2-8-5-9-10(13)4-3-7(6-12)11(9)14-8/h3-5,12-13H,2,6H2,1H3. The largest absolute Gasteiger partial charge is 0.507 e. The van der Waals surface area contributed by atoms with Gasteiger partial charge in [0.2, 0.25) is 0 Å². The fraction of sp³-hybridized carbons (Fsp3) is 0.273. The lowest BCUT2D eigenvalue weighted by Gasteiger charge is -1.99. The highest BCUT2D eigenvalue weighted by Gasteiger charge is 2.08. The Hall–Kier alpha value is -1.06. The van der Waals surface area contributed by atoms with Crippen molar-refractivity contribution in [2.24, 2.45) is 0 Å². The van der Waals surface area contributed by atoms with Gasteiger partial charge in [-0.1, -0.05) is 13.0 Å². The highest BCUT2D eigenvalue weighted by molar-refractivity contribution is 7.19. The van der Waals surface area contributed by atoms with Crippen molar-refractivity contribution in [3.63, 3.8) is 0 Å². The van der Waals surface area contributed by atoms with Crippen LogP contribution in [-0.2, 0) is 13.0 Å². The third-order valence-corrected chi connectivity index (χ3v) is 3.67. The molecule has 2 aromatic rings. The van der Waals surface area contributed by atoms with Gasteiger partial charge in [-0.25, -0.2) is 0 Å². The smallest absolute Gasteiger partial charge is 0.124 e. The summed E-state index contributed by atoms with van der Waals surface area (Å²) in [4.78, 5) is 1.23. The Balaban J connectivity index is 2.74. The normalized spacial score (nSPS) is 11.0. The Kier molecular flexibility index (Phi) is 2.44. The zero-order valence-electron chi connectivity index (χ0n) is 7.95. The summed E-state index contributed by atoms with van der Waals surface area (Å²) in [7, 11) is 0. The first-order chi connectivity index (χ1) is 6.76. The lowest BCUT2D eigenvalue weighted by atomic mass is 10.1. The molecule has 0 bridgehead atoms. The van der Waals surface area contributed by atoms with Crippen LogP contribution in [0.5, 0.6) is 5.75 Å². The van der Waals surface area contributed by atoms with E-state index in [9.17, 15) is 5.11 Å². The van der Waals surface area contributed by atoms with Crippen LogP contribution in [0.2, 0.25) is 0 Å². The van der Waals surface area contributed by atoms with Gasteiger partial charge in [0.05, 0.1) is 6.61 Å². The minimum atomic E-state index is 0.0282. The van der Waals surface area contributed by atoms with E-state index in [1.807, 2.05) is 6.07 Å². The van der Waals surface area contributed by atoms with Gasteiger partial charge in [-0.2, -0.15) is 0 Å². The third kappa shape index (κ3) is 1.38. The Labute approximate surface area is 86.4 Å². The molecule has 0 fully saturated rings. The first-order valence-corrected chi connectivity index (χ1v) is 5.42. The predicted molar refractivity (Wildman–Crippen MR) is 58.8 cm³/mol. The Morgan fingerprint density at radius 2 is 2.14 bits per heavy atom. The number of hydrogen-bond acceptors (Lipinski definition) is 3. The van der Waals surface area contributed by atoms with Crippen LogP contribution in [0.15, 0.2) is 18.2 Å². The number of thiophene rings is 1. The SMILES string of the molecule is CCc1cc2c(O)ccc(CO)c2s1. The lowest BCUT2D eigenvalue weighted by Crippen LogP contribution is -1.81. The summed E-state index contributed by atoms with van der Waals surface area (Å²) in [6.07, 6.45) is 0.962. The lowest BCUT2D eigenvalue weighted by molar-refractivity contribution is 0.283. The van der Waals surface area contributed by atoms with E-state index >= 15 is 0 Å². The van der Waals surface area contributed by atoms with Crippen molar-refractivity contribution in [3.8, 4) is 5.75 Å². The molecule has 74 valence electrons. The van der Waals surface area contributed by atoms with E-state index in [4.69, 9.17) is 5.11 Å². The van der Waals surface area contributed by atoms with E-state index in [0.717, 1.165) is 22.1 Å². The van der Waals surface area contributed by atoms with Gasteiger partial charge in [0.1, 0.15) is 5.75 Å². The molecule has 0 aliphatic rings. The van der Waals surface area contributed by atoms with Crippen molar-refractivity contribution < 1.29 is 10.2 Å². The molecule has 0 saturated carbocycles. The number of aliphatic hydroxyl groups excluding tert-OH is 1. The summed E-state index contributed by atoms with van der Waals surface area (Å²) in [5.74, 6) is 0.299. The van der Waals surface area contributed by atoms with Crippen LogP contribution in [0.25, 0.3) is 10.1 Å². The van der Waals surface area contributed by atoms with Gasteiger partial charge in [-0.3, -0.25) is 0 Å². The Morgan fingerprint density at radius 3 is 2.79 bits per heavy atom. The van der Waals surface area contributed by atoms with Crippen molar-refractivity contribution in [2.75, 3.05) is 0 Å². The fourth-order valence-corrected chi connectivity index (χ4v) is 2.64. The Morgan fingerprint density at radius 1 is 1.36 bits per heavy atom. The molecule has 1 aromatic heterocycles. The van der Waals surface area contributed by atoms with E-state index in [0.29, 0.717) is 5.75 Å². The molecule has 0 saturated heterocycles. The second kappa shape index (κ2) is 3.59. The van der Waals surface area contributed by atoms with Crippen LogP contribution >= 0.6 is 11.3 Å². The maximum atomic E-state index is 9.63. The van der Waals surface area contributed by atoms with Crippen LogP contribution in [0.1, 0.15) is 17.4 Å². The number of fused-ring (bicyclic) bond motifs is 1. The van der Waals surface area contributed by atoms with Crippen LogP contribution in [0, 0.1) is 0 Å². The molecule has 1 heterocycles. The molecular formula is C11H12O2S. The molecule has 0 radical (unpaired) electrons. The number of benzene rings is 1. The quantitative estimate of drug-likeness (QED) is 0.796. The number of rotatable bonds is 2. The second-order valence-electron chi connectivity index (χ2n) is 3.21. The average molecular weight is 208 g/mol. The molecule has 14 heavy (non-hydrogen) atoms. The molecule has 0 aliphatic heterocycles. The molecule has 0 atom stereocenters. The monoisotopic (exact) mass is 208 g/mol. The van der Waals surface area contributed by atoms with E-state index in [-0.39, 0.29) is 6.61 Å². The number of aliphatic hydroxyl groups is 1. The molecule has 1 aromatic carbocycles. The molecule has 3 heteroatoms. The summed E-state index contributed by atoms with van der Waals surface area (Å²) in [6.45, 7) is 2.11. The van der Waals surface area contributed by atoms with Crippen LogP contribution in [0.3, 0.4) is 0 Å². The predicted octanol–water partition coefficient (Wildman–Crippen LogP) is 2.66. The molecule has 0 amide bonds. The van der Waals surface area contributed by atoms with E-state index < -0.39 is 0 Å². The molecule has 0 unspecified atom stereocenters.